The highest BCUT2D eigenvalue weighted by atomic mass is 32.1. The number of hydrogen-bond donors (Lipinski definition) is 1. The van der Waals surface area contributed by atoms with Crippen LogP contribution in [0.3, 0.4) is 0 Å². The molecule has 0 bridgehead atoms. The molecule has 2 heterocycles. The van der Waals surface area contributed by atoms with Crippen molar-refractivity contribution in [3.8, 4) is 0 Å². The van der Waals surface area contributed by atoms with E-state index in [0.29, 0.717) is 23.3 Å². The molecular weight excluding hydrogens is 272 g/mol. The van der Waals surface area contributed by atoms with E-state index in [1.807, 2.05) is 4.90 Å². The lowest BCUT2D eigenvalue weighted by Gasteiger charge is -2.36. The van der Waals surface area contributed by atoms with E-state index in [0.717, 1.165) is 25.2 Å². The van der Waals surface area contributed by atoms with E-state index < -0.39 is 0 Å². The summed E-state index contributed by atoms with van der Waals surface area (Å²) >= 11 is 1.20. The second kappa shape index (κ2) is 5.77. The second-order valence-electron chi connectivity index (χ2n) is 6.71. The summed E-state index contributed by atoms with van der Waals surface area (Å²) in [5.74, 6) is 1.05. The molecule has 1 aliphatic rings. The van der Waals surface area contributed by atoms with Gasteiger partial charge in [0.15, 0.2) is 0 Å². The number of carbonyl (C=O) groups is 1. The molecule has 1 fully saturated rings. The maximum atomic E-state index is 12.7. The van der Waals surface area contributed by atoms with Crippen LogP contribution in [0.15, 0.2) is 0 Å². The van der Waals surface area contributed by atoms with Crippen molar-refractivity contribution >= 4 is 17.4 Å². The van der Waals surface area contributed by atoms with E-state index in [9.17, 15) is 4.79 Å². The lowest BCUT2D eigenvalue weighted by molar-refractivity contribution is 0.0620. The maximum Gasteiger partial charge on any atom is 0.267 e. The number of nitrogens with zero attached hydrogens (tertiary/aromatic N) is 3. The molecule has 1 amide bonds. The number of hydrogen-bond acceptors (Lipinski definition) is 5. The highest BCUT2D eigenvalue weighted by molar-refractivity contribution is 7.08. The lowest BCUT2D eigenvalue weighted by atomic mass is 9.86. The van der Waals surface area contributed by atoms with Gasteiger partial charge in [-0.05, 0) is 36.3 Å². The Kier molecular flexibility index (Phi) is 4.44. The summed E-state index contributed by atoms with van der Waals surface area (Å²) in [5, 5.41) is 4.15. The van der Waals surface area contributed by atoms with Crippen molar-refractivity contribution in [1.29, 1.82) is 0 Å². The van der Waals surface area contributed by atoms with Gasteiger partial charge < -0.3 is 10.6 Å². The molecule has 1 aliphatic heterocycles. The van der Waals surface area contributed by atoms with Crippen LogP contribution in [0.2, 0.25) is 0 Å². The zero-order valence-electron chi connectivity index (χ0n) is 12.7. The number of likely N-dealkylation sites (tertiary alicyclic amines) is 1. The van der Waals surface area contributed by atoms with Crippen molar-refractivity contribution in [2.75, 3.05) is 19.6 Å². The Bertz CT molecular complexity index is 480. The third kappa shape index (κ3) is 3.01. The van der Waals surface area contributed by atoms with Crippen LogP contribution in [-0.2, 0) is 5.41 Å². The maximum absolute atomic E-state index is 12.7. The average Bonchev–Trinajstić information content (AvgIpc) is 2.87. The molecule has 2 atom stereocenters. The minimum atomic E-state index is -0.158. The summed E-state index contributed by atoms with van der Waals surface area (Å²) < 4.78 is 3.98. The largest absolute Gasteiger partial charge is 0.337 e. The van der Waals surface area contributed by atoms with Crippen molar-refractivity contribution in [3.05, 3.63) is 10.6 Å². The van der Waals surface area contributed by atoms with Crippen LogP contribution < -0.4 is 5.73 Å². The first kappa shape index (κ1) is 15.4. The summed E-state index contributed by atoms with van der Waals surface area (Å²) in [5.41, 5.74) is 6.46. The quantitative estimate of drug-likeness (QED) is 0.904. The molecule has 1 aromatic rings. The van der Waals surface area contributed by atoms with E-state index in [1.54, 1.807) is 0 Å². The summed E-state index contributed by atoms with van der Waals surface area (Å²) in [6.07, 6.45) is 1.02. The Labute approximate surface area is 124 Å². The number of amides is 1. The fourth-order valence-electron chi connectivity index (χ4n) is 2.61. The average molecular weight is 296 g/mol. The molecule has 112 valence electrons. The van der Waals surface area contributed by atoms with Gasteiger partial charge in [-0.1, -0.05) is 32.2 Å². The molecule has 0 aromatic carbocycles. The minimum absolute atomic E-state index is 0.0651. The van der Waals surface area contributed by atoms with Crippen molar-refractivity contribution < 1.29 is 4.79 Å². The predicted octanol–water partition coefficient (Wildman–Crippen LogP) is 1.89. The number of aromatic nitrogens is 2. The lowest BCUT2D eigenvalue weighted by Crippen LogP contribution is -2.45. The number of piperidine rings is 1. The van der Waals surface area contributed by atoms with Crippen LogP contribution in [0, 0.1) is 11.8 Å². The molecule has 20 heavy (non-hydrogen) atoms. The molecule has 0 saturated carbocycles. The first-order valence-electron chi connectivity index (χ1n) is 7.16. The standard InChI is InChI=1S/C14H24N4OS/c1-9-5-6-18(8-10(9)7-15)13(19)11-12(14(2,3)4)16-17-20-11/h9-10H,5-8,15H2,1-4H3. The molecule has 2 N–H and O–H groups in total. The van der Waals surface area contributed by atoms with E-state index in [1.165, 1.54) is 11.5 Å². The normalized spacial score (nSPS) is 23.9. The van der Waals surface area contributed by atoms with Gasteiger partial charge in [0.05, 0.1) is 5.69 Å². The number of carbonyl (C=O) groups excluding carboxylic acids is 1. The summed E-state index contributed by atoms with van der Waals surface area (Å²) in [6, 6.07) is 0. The fraction of sp³-hybridized carbons (Fsp3) is 0.786. The molecule has 2 unspecified atom stereocenters. The summed E-state index contributed by atoms with van der Waals surface area (Å²) in [6.45, 7) is 10.6. The van der Waals surface area contributed by atoms with Crippen LogP contribution in [-0.4, -0.2) is 40.0 Å². The predicted molar refractivity (Wildman–Crippen MR) is 80.8 cm³/mol. The van der Waals surface area contributed by atoms with Crippen LogP contribution in [0.5, 0.6) is 0 Å². The van der Waals surface area contributed by atoms with Crippen molar-refractivity contribution in [2.24, 2.45) is 17.6 Å². The highest BCUT2D eigenvalue weighted by Crippen LogP contribution is 2.29. The van der Waals surface area contributed by atoms with Gasteiger partial charge in [0.25, 0.3) is 5.91 Å². The van der Waals surface area contributed by atoms with E-state index >= 15 is 0 Å². The van der Waals surface area contributed by atoms with E-state index in [2.05, 4.69) is 37.3 Å². The summed E-state index contributed by atoms with van der Waals surface area (Å²) in [4.78, 5) is 15.3. The van der Waals surface area contributed by atoms with Gasteiger partial charge in [-0.2, -0.15) is 0 Å². The minimum Gasteiger partial charge on any atom is -0.337 e. The first-order valence-corrected chi connectivity index (χ1v) is 7.94. The Morgan fingerprint density at radius 2 is 2.20 bits per heavy atom. The van der Waals surface area contributed by atoms with Crippen molar-refractivity contribution in [3.63, 3.8) is 0 Å². The molecule has 2 rings (SSSR count). The number of rotatable bonds is 2. The molecular formula is C14H24N4OS. The monoisotopic (exact) mass is 296 g/mol. The Morgan fingerprint density at radius 1 is 1.50 bits per heavy atom. The van der Waals surface area contributed by atoms with Gasteiger partial charge in [0.2, 0.25) is 0 Å². The Balaban J connectivity index is 2.18. The summed E-state index contributed by atoms with van der Waals surface area (Å²) in [7, 11) is 0. The van der Waals surface area contributed by atoms with Crippen LogP contribution in [0.4, 0.5) is 0 Å². The highest BCUT2D eigenvalue weighted by Gasteiger charge is 2.33. The molecule has 5 nitrogen and oxygen atoms in total. The van der Waals surface area contributed by atoms with Crippen LogP contribution >= 0.6 is 11.5 Å². The van der Waals surface area contributed by atoms with Gasteiger partial charge in [0.1, 0.15) is 4.88 Å². The van der Waals surface area contributed by atoms with E-state index in [4.69, 9.17) is 5.73 Å². The number of nitrogens with two attached hydrogens (primary N) is 1. The molecule has 0 aliphatic carbocycles. The van der Waals surface area contributed by atoms with Gasteiger partial charge in [-0.25, -0.2) is 0 Å². The van der Waals surface area contributed by atoms with Gasteiger partial charge in [0, 0.05) is 18.5 Å². The molecule has 6 heteroatoms. The van der Waals surface area contributed by atoms with Crippen LogP contribution in [0.1, 0.15) is 49.5 Å². The Hall–Kier alpha value is -1.01. The van der Waals surface area contributed by atoms with Crippen molar-refractivity contribution in [2.45, 2.75) is 39.5 Å². The van der Waals surface area contributed by atoms with Crippen molar-refractivity contribution in [1.82, 2.24) is 14.5 Å². The van der Waals surface area contributed by atoms with Gasteiger partial charge >= 0.3 is 0 Å². The zero-order chi connectivity index (χ0) is 14.9. The van der Waals surface area contributed by atoms with Gasteiger partial charge in [-0.3, -0.25) is 4.79 Å². The Morgan fingerprint density at radius 3 is 2.80 bits per heavy atom. The molecule has 1 aromatic heterocycles. The fourth-order valence-corrected chi connectivity index (χ4v) is 3.45. The first-order chi connectivity index (χ1) is 9.34. The SMILES string of the molecule is CC1CCN(C(=O)c2snnc2C(C)(C)C)CC1CN. The third-order valence-electron chi connectivity index (χ3n) is 4.10. The van der Waals surface area contributed by atoms with Crippen LogP contribution in [0.25, 0.3) is 0 Å². The smallest absolute Gasteiger partial charge is 0.267 e. The molecule has 0 spiro atoms. The third-order valence-corrected chi connectivity index (χ3v) is 4.81. The van der Waals surface area contributed by atoms with E-state index in [-0.39, 0.29) is 11.3 Å². The molecule has 1 saturated heterocycles. The topological polar surface area (TPSA) is 72.1 Å². The van der Waals surface area contributed by atoms with Gasteiger partial charge in [-0.15, -0.1) is 5.10 Å². The zero-order valence-corrected chi connectivity index (χ0v) is 13.5. The molecule has 0 radical (unpaired) electrons. The second-order valence-corrected chi connectivity index (χ2v) is 7.47.